The highest BCUT2D eigenvalue weighted by Gasteiger charge is 2.28. The van der Waals surface area contributed by atoms with Crippen LogP contribution in [0.15, 0.2) is 53.4 Å². The first-order valence-electron chi connectivity index (χ1n) is 10.0. The monoisotopic (exact) mass is 428 g/mol. The van der Waals surface area contributed by atoms with Crippen molar-refractivity contribution in [2.75, 3.05) is 12.9 Å². The number of aryl methyl sites for hydroxylation is 1. The summed E-state index contributed by atoms with van der Waals surface area (Å²) in [5.74, 6) is 0.736. The molecule has 30 heavy (non-hydrogen) atoms. The third kappa shape index (κ3) is 7.41. The highest BCUT2D eigenvalue weighted by atomic mass is 32.2. The number of amides is 2. The van der Waals surface area contributed by atoms with Gasteiger partial charge in [-0.15, -0.1) is 11.8 Å². The van der Waals surface area contributed by atoms with Gasteiger partial charge < -0.3 is 15.0 Å². The average molecular weight is 429 g/mol. The highest BCUT2D eigenvalue weighted by molar-refractivity contribution is 8.00. The molecule has 2 aromatic carbocycles. The number of benzene rings is 2. The highest BCUT2D eigenvalue weighted by Crippen LogP contribution is 2.21. The van der Waals surface area contributed by atoms with Crippen LogP contribution < -0.4 is 10.1 Å². The normalized spacial score (nSPS) is 12.2. The van der Waals surface area contributed by atoms with Crippen LogP contribution in [0, 0.1) is 6.92 Å². The van der Waals surface area contributed by atoms with Crippen LogP contribution in [0.5, 0.6) is 5.75 Å². The molecule has 0 aromatic heterocycles. The summed E-state index contributed by atoms with van der Waals surface area (Å²) in [6.07, 6.45) is 0. The van der Waals surface area contributed by atoms with Gasteiger partial charge in [0.2, 0.25) is 11.8 Å². The Balaban J connectivity index is 2.18. The average Bonchev–Trinajstić information content (AvgIpc) is 2.69. The van der Waals surface area contributed by atoms with Crippen LogP contribution in [0.1, 0.15) is 38.8 Å². The summed E-state index contributed by atoms with van der Waals surface area (Å²) in [6, 6.07) is 15.1. The van der Waals surface area contributed by atoms with Crippen molar-refractivity contribution < 1.29 is 14.3 Å². The van der Waals surface area contributed by atoms with Gasteiger partial charge in [0.25, 0.3) is 0 Å². The standard InChI is InChI=1S/C24H32N2O3S/c1-17-10-12-21(13-11-17)30-16-22(27)26(18(2)23(28)25-24(3,4)5)15-19-8-7-9-20(14-19)29-6/h7-14,18H,15-16H2,1-6H3,(H,25,28)/t18-/m0/s1. The van der Waals surface area contributed by atoms with Crippen molar-refractivity contribution in [2.45, 2.75) is 57.6 Å². The molecule has 0 saturated carbocycles. The zero-order valence-corrected chi connectivity index (χ0v) is 19.5. The first-order valence-corrected chi connectivity index (χ1v) is 11.0. The third-order valence-electron chi connectivity index (χ3n) is 4.54. The number of hydrogen-bond acceptors (Lipinski definition) is 4. The molecule has 6 heteroatoms. The maximum absolute atomic E-state index is 13.1. The Morgan fingerprint density at radius 1 is 1.13 bits per heavy atom. The second-order valence-electron chi connectivity index (χ2n) is 8.39. The fourth-order valence-electron chi connectivity index (χ4n) is 2.89. The van der Waals surface area contributed by atoms with E-state index >= 15 is 0 Å². The maximum Gasteiger partial charge on any atom is 0.242 e. The summed E-state index contributed by atoms with van der Waals surface area (Å²) >= 11 is 1.48. The van der Waals surface area contributed by atoms with Gasteiger partial charge >= 0.3 is 0 Å². The Bertz CT molecular complexity index is 859. The van der Waals surface area contributed by atoms with Crippen LogP contribution in [-0.4, -0.2) is 41.2 Å². The summed E-state index contributed by atoms with van der Waals surface area (Å²) in [5, 5.41) is 2.98. The van der Waals surface area contributed by atoms with Crippen LogP contribution in [-0.2, 0) is 16.1 Å². The van der Waals surface area contributed by atoms with Gasteiger partial charge in [-0.05, 0) is 64.4 Å². The molecular formula is C24H32N2O3S. The largest absolute Gasteiger partial charge is 0.497 e. The lowest BCUT2D eigenvalue weighted by Crippen LogP contribution is -2.52. The van der Waals surface area contributed by atoms with E-state index in [-0.39, 0.29) is 23.1 Å². The van der Waals surface area contributed by atoms with Crippen molar-refractivity contribution >= 4 is 23.6 Å². The van der Waals surface area contributed by atoms with Crippen molar-refractivity contribution in [3.05, 3.63) is 59.7 Å². The summed E-state index contributed by atoms with van der Waals surface area (Å²) in [7, 11) is 1.61. The molecule has 2 amide bonds. The Hall–Kier alpha value is -2.47. The fraction of sp³-hybridized carbons (Fsp3) is 0.417. The van der Waals surface area contributed by atoms with E-state index in [2.05, 4.69) is 5.32 Å². The predicted molar refractivity (Wildman–Crippen MR) is 123 cm³/mol. The van der Waals surface area contributed by atoms with Crippen molar-refractivity contribution in [2.24, 2.45) is 0 Å². The minimum Gasteiger partial charge on any atom is -0.497 e. The zero-order chi connectivity index (χ0) is 22.3. The van der Waals surface area contributed by atoms with E-state index in [4.69, 9.17) is 4.74 Å². The van der Waals surface area contributed by atoms with Gasteiger partial charge in [0.1, 0.15) is 11.8 Å². The molecule has 0 radical (unpaired) electrons. The molecule has 2 aromatic rings. The number of hydrogen-bond donors (Lipinski definition) is 1. The SMILES string of the molecule is COc1cccc(CN(C(=O)CSc2ccc(C)cc2)[C@@H](C)C(=O)NC(C)(C)C)c1. The molecule has 0 saturated heterocycles. The summed E-state index contributed by atoms with van der Waals surface area (Å²) in [6.45, 7) is 9.93. The summed E-state index contributed by atoms with van der Waals surface area (Å²) in [4.78, 5) is 28.6. The molecule has 5 nitrogen and oxygen atoms in total. The van der Waals surface area contributed by atoms with Crippen molar-refractivity contribution in [3.8, 4) is 5.75 Å². The second kappa shape index (κ2) is 10.5. The van der Waals surface area contributed by atoms with Gasteiger partial charge in [0.05, 0.1) is 12.9 Å². The number of thioether (sulfide) groups is 1. The lowest BCUT2D eigenvalue weighted by atomic mass is 10.1. The number of rotatable bonds is 8. The molecule has 0 fully saturated rings. The predicted octanol–water partition coefficient (Wildman–Crippen LogP) is 4.43. The molecule has 0 aliphatic carbocycles. The first kappa shape index (κ1) is 23.8. The van der Waals surface area contributed by atoms with Crippen molar-refractivity contribution in [3.63, 3.8) is 0 Å². The van der Waals surface area contributed by atoms with Crippen molar-refractivity contribution in [1.29, 1.82) is 0 Å². The van der Waals surface area contributed by atoms with Gasteiger partial charge in [0.15, 0.2) is 0 Å². The zero-order valence-electron chi connectivity index (χ0n) is 18.7. The molecule has 0 aliphatic rings. The van der Waals surface area contributed by atoms with Crippen LogP contribution in [0.4, 0.5) is 0 Å². The van der Waals surface area contributed by atoms with Crippen LogP contribution >= 0.6 is 11.8 Å². The fourth-order valence-corrected chi connectivity index (χ4v) is 3.67. The number of nitrogens with zero attached hydrogens (tertiary/aromatic N) is 1. The Labute approximate surface area is 184 Å². The summed E-state index contributed by atoms with van der Waals surface area (Å²) < 4.78 is 5.30. The van der Waals surface area contributed by atoms with E-state index in [0.717, 1.165) is 16.2 Å². The van der Waals surface area contributed by atoms with Gasteiger partial charge in [-0.1, -0.05) is 29.8 Å². The molecule has 0 aliphatic heterocycles. The minimum absolute atomic E-state index is 0.0834. The second-order valence-corrected chi connectivity index (χ2v) is 9.44. The Kier molecular flexibility index (Phi) is 8.35. The van der Waals surface area contributed by atoms with Gasteiger partial charge in [0, 0.05) is 17.0 Å². The number of carbonyl (C=O) groups excluding carboxylic acids is 2. The molecule has 1 atom stereocenters. The molecule has 2 rings (SSSR count). The lowest BCUT2D eigenvalue weighted by Gasteiger charge is -2.31. The quantitative estimate of drug-likeness (QED) is 0.632. The van der Waals surface area contributed by atoms with Crippen LogP contribution in [0.2, 0.25) is 0 Å². The topological polar surface area (TPSA) is 58.6 Å². The number of methoxy groups -OCH3 is 1. The molecule has 0 heterocycles. The van der Waals surface area contributed by atoms with Crippen molar-refractivity contribution in [1.82, 2.24) is 10.2 Å². The lowest BCUT2D eigenvalue weighted by molar-refractivity contribution is -0.139. The van der Waals surface area contributed by atoms with E-state index in [0.29, 0.717) is 6.54 Å². The summed E-state index contributed by atoms with van der Waals surface area (Å²) in [5.41, 5.74) is 1.73. The third-order valence-corrected chi connectivity index (χ3v) is 5.53. The molecule has 0 spiro atoms. The van der Waals surface area contributed by atoms with Gasteiger partial charge in [-0.2, -0.15) is 0 Å². The van der Waals surface area contributed by atoms with E-state index in [1.807, 2.05) is 76.2 Å². The smallest absolute Gasteiger partial charge is 0.242 e. The van der Waals surface area contributed by atoms with E-state index in [1.54, 1.807) is 18.9 Å². The van der Waals surface area contributed by atoms with E-state index in [9.17, 15) is 9.59 Å². The maximum atomic E-state index is 13.1. The first-order chi connectivity index (χ1) is 14.1. The number of carbonyl (C=O) groups is 2. The number of nitrogens with one attached hydrogen (secondary N) is 1. The molecular weight excluding hydrogens is 396 g/mol. The van der Waals surface area contributed by atoms with Crippen LogP contribution in [0.3, 0.4) is 0 Å². The number of ether oxygens (including phenoxy) is 1. The van der Waals surface area contributed by atoms with E-state index < -0.39 is 6.04 Å². The van der Waals surface area contributed by atoms with E-state index in [1.165, 1.54) is 17.3 Å². The minimum atomic E-state index is -0.596. The van der Waals surface area contributed by atoms with Gasteiger partial charge in [-0.3, -0.25) is 9.59 Å². The Morgan fingerprint density at radius 2 is 1.80 bits per heavy atom. The van der Waals surface area contributed by atoms with Gasteiger partial charge in [-0.25, -0.2) is 0 Å². The molecule has 162 valence electrons. The van der Waals surface area contributed by atoms with Crippen LogP contribution in [0.25, 0.3) is 0 Å². The molecule has 0 unspecified atom stereocenters. The molecule has 1 N–H and O–H groups in total. The molecule has 0 bridgehead atoms. The Morgan fingerprint density at radius 3 is 2.40 bits per heavy atom.